The number of aliphatic carboxylic acids is 1. The van der Waals surface area contributed by atoms with Crippen molar-refractivity contribution in [3.8, 4) is 10.4 Å². The predicted molar refractivity (Wildman–Crippen MR) is 173 cm³/mol. The number of benzene rings is 3. The normalized spacial score (nSPS) is 12.3. The van der Waals surface area contributed by atoms with Crippen LogP contribution in [0.15, 0.2) is 83.8 Å². The molecule has 0 saturated carbocycles. The first kappa shape index (κ1) is 33.8. The van der Waals surface area contributed by atoms with Gasteiger partial charge in [0.15, 0.2) is 0 Å². The van der Waals surface area contributed by atoms with Crippen molar-refractivity contribution in [3.05, 3.63) is 106 Å². The summed E-state index contributed by atoms with van der Waals surface area (Å²) in [4.78, 5) is 40.8. The molecule has 0 radical (unpaired) electrons. The minimum Gasteiger partial charge on any atom is -0.548 e. The number of carboxylic acid groups (broad SMARTS) is 1. The summed E-state index contributed by atoms with van der Waals surface area (Å²) >= 11 is 1.15. The standard InChI is InChI=1S/C32H34N6O6S2/c1-19-14-20(2)28(21(3)15-19)46(43,44)38-25(30(40)41)18-34-29(39)27-13-12-26(45-27)23-10-7-11-24(16-23)36-31(33)37-32(42)35-17-22-8-5-4-6-9-22/h4-16,25,38H,17-18H2,1-3H3,(H,34,39)(H,40,41)(H4,33,35,36,37,42). The van der Waals surface area contributed by atoms with Crippen LogP contribution in [0.25, 0.3) is 10.4 Å². The van der Waals surface area contributed by atoms with Crippen LogP contribution in [0, 0.1) is 20.8 Å². The highest BCUT2D eigenvalue weighted by atomic mass is 32.2. The van der Waals surface area contributed by atoms with Gasteiger partial charge in [0.2, 0.25) is 10.0 Å². The molecule has 0 aliphatic rings. The van der Waals surface area contributed by atoms with Gasteiger partial charge in [-0.2, -0.15) is 5.32 Å². The summed E-state index contributed by atoms with van der Waals surface area (Å²) in [5, 5.41) is 19.5. The molecule has 0 aliphatic carbocycles. The quantitative estimate of drug-likeness (QED) is 0.100. The summed E-state index contributed by atoms with van der Waals surface area (Å²) in [5.41, 5.74) is 10.1. The molecule has 46 heavy (non-hydrogen) atoms. The SMILES string of the molecule is Cc1cc(C)c(S(=O)(=O)NC(CNC(=O)c2ccc(-c3cccc([NH+]=C(N)NC(=O)NCc4ccccc4)c3)s2)C(=O)[O-])c(C)c1. The highest BCUT2D eigenvalue weighted by Gasteiger charge is 2.25. The Hall–Kier alpha value is -5.05. The van der Waals surface area contributed by atoms with Gasteiger partial charge in [-0.25, -0.2) is 22.9 Å². The predicted octanol–water partition coefficient (Wildman–Crippen LogP) is 0.693. The molecular weight excluding hydrogens is 629 g/mol. The second-order valence-corrected chi connectivity index (χ2v) is 13.2. The molecule has 0 saturated heterocycles. The summed E-state index contributed by atoms with van der Waals surface area (Å²) in [6.07, 6.45) is 0. The molecule has 7 N–H and O–H groups in total. The third-order valence-corrected chi connectivity index (χ3v) is 9.63. The molecule has 0 spiro atoms. The summed E-state index contributed by atoms with van der Waals surface area (Å²) in [6, 6.07) is 21.0. The average molecular weight is 663 g/mol. The molecule has 3 amide bonds. The van der Waals surface area contributed by atoms with Gasteiger partial charge in [-0.1, -0.05) is 60.2 Å². The molecule has 240 valence electrons. The number of carbonyl (C=O) groups excluding carboxylic acids is 3. The summed E-state index contributed by atoms with van der Waals surface area (Å²) in [5.74, 6) is -2.25. The average Bonchev–Trinajstić information content (AvgIpc) is 3.48. The first-order valence-corrected chi connectivity index (χ1v) is 16.4. The van der Waals surface area contributed by atoms with Gasteiger partial charge in [-0.05, 0) is 67.3 Å². The van der Waals surface area contributed by atoms with E-state index in [0.717, 1.165) is 32.9 Å². The molecule has 0 bridgehead atoms. The van der Waals surface area contributed by atoms with Gasteiger partial charge >= 0.3 is 12.0 Å². The lowest BCUT2D eigenvalue weighted by atomic mass is 10.1. The highest BCUT2D eigenvalue weighted by Crippen LogP contribution is 2.29. The maximum atomic E-state index is 13.1. The fourth-order valence-electron chi connectivity index (χ4n) is 4.79. The molecular formula is C32H34N6O6S2. The number of aryl methyl sites for hydroxylation is 3. The van der Waals surface area contributed by atoms with E-state index in [1.807, 2.05) is 43.3 Å². The van der Waals surface area contributed by atoms with E-state index in [-0.39, 0.29) is 15.7 Å². The summed E-state index contributed by atoms with van der Waals surface area (Å²) < 4.78 is 28.3. The molecule has 4 rings (SSSR count). The molecule has 0 fully saturated rings. The van der Waals surface area contributed by atoms with E-state index in [1.54, 1.807) is 56.3 Å². The van der Waals surface area contributed by atoms with E-state index in [4.69, 9.17) is 5.73 Å². The van der Waals surface area contributed by atoms with Crippen LogP contribution >= 0.6 is 11.3 Å². The van der Waals surface area contributed by atoms with E-state index in [2.05, 4.69) is 25.7 Å². The molecule has 0 aliphatic heterocycles. The van der Waals surface area contributed by atoms with E-state index >= 15 is 0 Å². The first-order valence-electron chi connectivity index (χ1n) is 14.1. The van der Waals surface area contributed by atoms with Crippen molar-refractivity contribution in [3.63, 3.8) is 0 Å². The highest BCUT2D eigenvalue weighted by molar-refractivity contribution is 7.89. The van der Waals surface area contributed by atoms with Crippen LogP contribution in [-0.2, 0) is 21.4 Å². The largest absolute Gasteiger partial charge is 0.548 e. The topological polar surface area (TPSA) is 197 Å². The third-order valence-electron chi connectivity index (χ3n) is 6.72. The van der Waals surface area contributed by atoms with Gasteiger partial charge in [-0.3, -0.25) is 10.5 Å². The number of carboxylic acids is 1. The molecule has 4 aromatic rings. The van der Waals surface area contributed by atoms with Crippen molar-refractivity contribution < 1.29 is 32.9 Å². The lowest BCUT2D eigenvalue weighted by Gasteiger charge is -2.21. The maximum absolute atomic E-state index is 13.1. The van der Waals surface area contributed by atoms with Crippen LogP contribution in [0.4, 0.5) is 10.5 Å². The number of carbonyl (C=O) groups is 3. The Morgan fingerprint density at radius 2 is 1.61 bits per heavy atom. The minimum atomic E-state index is -4.22. The molecule has 1 heterocycles. The monoisotopic (exact) mass is 662 g/mol. The van der Waals surface area contributed by atoms with Crippen molar-refractivity contribution in [1.29, 1.82) is 0 Å². The fourth-order valence-corrected chi connectivity index (χ4v) is 7.34. The lowest BCUT2D eigenvalue weighted by Crippen LogP contribution is -2.74. The van der Waals surface area contributed by atoms with Crippen LogP contribution < -0.4 is 36.5 Å². The third kappa shape index (κ3) is 9.00. The summed E-state index contributed by atoms with van der Waals surface area (Å²) in [6.45, 7) is 4.89. The second kappa shape index (κ2) is 14.8. The van der Waals surface area contributed by atoms with Crippen molar-refractivity contribution >= 4 is 50.9 Å². The zero-order valence-electron chi connectivity index (χ0n) is 25.3. The Labute approximate surface area is 270 Å². The molecule has 1 atom stereocenters. The second-order valence-electron chi connectivity index (χ2n) is 10.5. The number of thiophene rings is 1. The molecule has 12 nitrogen and oxygen atoms in total. The van der Waals surface area contributed by atoms with Crippen LogP contribution in [0.5, 0.6) is 0 Å². The number of urea groups is 1. The fraction of sp³-hybridized carbons (Fsp3) is 0.188. The van der Waals surface area contributed by atoms with E-state index in [1.165, 1.54) is 0 Å². The smallest absolute Gasteiger partial charge is 0.379 e. The Balaban J connectivity index is 1.37. The zero-order chi connectivity index (χ0) is 33.4. The number of nitrogens with one attached hydrogen (secondary N) is 5. The Morgan fingerprint density at radius 1 is 0.913 bits per heavy atom. The zero-order valence-corrected chi connectivity index (χ0v) is 27.0. The number of sulfonamides is 1. The van der Waals surface area contributed by atoms with Gasteiger partial charge in [0.05, 0.1) is 27.5 Å². The van der Waals surface area contributed by atoms with Gasteiger partial charge in [0.1, 0.15) is 0 Å². The number of guanidine groups is 1. The van der Waals surface area contributed by atoms with Crippen LogP contribution in [0.1, 0.15) is 31.9 Å². The van der Waals surface area contributed by atoms with E-state index in [9.17, 15) is 27.9 Å². The number of hydrogen-bond donors (Lipinski definition) is 6. The van der Waals surface area contributed by atoms with Crippen molar-refractivity contribution in [2.24, 2.45) is 5.73 Å². The lowest BCUT2D eigenvalue weighted by molar-refractivity contribution is -0.357. The van der Waals surface area contributed by atoms with Crippen LogP contribution in [0.3, 0.4) is 0 Å². The van der Waals surface area contributed by atoms with E-state index in [0.29, 0.717) is 23.4 Å². The van der Waals surface area contributed by atoms with Crippen LogP contribution in [0.2, 0.25) is 0 Å². The van der Waals surface area contributed by atoms with Crippen molar-refractivity contribution in [2.45, 2.75) is 38.3 Å². The number of hydrogen-bond acceptors (Lipinski definition) is 7. The van der Waals surface area contributed by atoms with Crippen molar-refractivity contribution in [1.82, 2.24) is 20.7 Å². The number of nitrogens with two attached hydrogens (primary N) is 1. The van der Waals surface area contributed by atoms with E-state index < -0.39 is 40.5 Å². The van der Waals surface area contributed by atoms with Gasteiger partial charge in [-0.15, -0.1) is 11.3 Å². The van der Waals surface area contributed by atoms with Gasteiger partial charge in [0, 0.05) is 18.0 Å². The molecule has 14 heteroatoms. The molecule has 1 aromatic heterocycles. The van der Waals surface area contributed by atoms with Gasteiger partial charge in [0.25, 0.3) is 5.91 Å². The van der Waals surface area contributed by atoms with Crippen LogP contribution in [-0.4, -0.2) is 44.9 Å². The first-order chi connectivity index (χ1) is 21.8. The van der Waals surface area contributed by atoms with Gasteiger partial charge < -0.3 is 20.5 Å². The number of rotatable bonds is 11. The molecule has 1 unspecified atom stereocenters. The molecule has 3 aromatic carbocycles. The van der Waals surface area contributed by atoms with Crippen molar-refractivity contribution in [2.75, 3.05) is 6.54 Å². The summed E-state index contributed by atoms with van der Waals surface area (Å²) in [7, 11) is -4.22. The Kier molecular flexibility index (Phi) is 10.9. The minimum absolute atomic E-state index is 0.0137. The number of amides is 3. The Morgan fingerprint density at radius 3 is 2.28 bits per heavy atom. The Bertz CT molecular complexity index is 1870. The maximum Gasteiger partial charge on any atom is 0.379 e.